The zero-order valence-corrected chi connectivity index (χ0v) is 10.1. The van der Waals surface area contributed by atoms with Gasteiger partial charge in [0, 0.05) is 19.3 Å². The second-order valence-electron chi connectivity index (χ2n) is 4.06. The molecule has 6 nitrogen and oxygen atoms in total. The predicted molar refractivity (Wildman–Crippen MR) is 65.1 cm³/mol. The van der Waals surface area contributed by atoms with Crippen molar-refractivity contribution in [2.24, 2.45) is 5.92 Å². The van der Waals surface area contributed by atoms with Crippen molar-refractivity contribution in [2.75, 3.05) is 18.9 Å². The van der Waals surface area contributed by atoms with Gasteiger partial charge in [-0.1, -0.05) is 13.3 Å². The minimum atomic E-state index is -0.0931. The molecule has 0 fully saturated rings. The molecule has 17 heavy (non-hydrogen) atoms. The number of rotatable bonds is 7. The third-order valence-corrected chi connectivity index (χ3v) is 2.66. The van der Waals surface area contributed by atoms with Crippen LogP contribution in [-0.4, -0.2) is 33.9 Å². The van der Waals surface area contributed by atoms with Crippen LogP contribution in [0.1, 0.15) is 19.8 Å². The number of nitrogens with two attached hydrogens (primary N) is 1. The molecule has 0 aliphatic heterocycles. The fourth-order valence-corrected chi connectivity index (χ4v) is 1.56. The second-order valence-corrected chi connectivity index (χ2v) is 4.06. The molecule has 0 radical (unpaired) electrons. The average molecular weight is 240 g/mol. The van der Waals surface area contributed by atoms with Crippen molar-refractivity contribution in [3.05, 3.63) is 12.4 Å². The van der Waals surface area contributed by atoms with Crippen molar-refractivity contribution in [1.82, 2.24) is 15.1 Å². The van der Waals surface area contributed by atoms with E-state index < -0.39 is 0 Å². The summed E-state index contributed by atoms with van der Waals surface area (Å²) < 4.78 is 1.50. The van der Waals surface area contributed by atoms with Crippen molar-refractivity contribution in [3.63, 3.8) is 0 Å². The highest BCUT2D eigenvalue weighted by Crippen LogP contribution is 2.05. The lowest BCUT2D eigenvalue weighted by atomic mass is 10.0. The third kappa shape index (κ3) is 4.86. The van der Waals surface area contributed by atoms with E-state index in [1.165, 1.54) is 10.9 Å². The minimum absolute atomic E-state index is 0.0931. The molecule has 1 atom stereocenters. The van der Waals surface area contributed by atoms with Crippen LogP contribution in [0.5, 0.6) is 0 Å². The Morgan fingerprint density at radius 2 is 2.47 bits per heavy atom. The molecule has 4 N–H and O–H groups in total. The molecule has 6 heteroatoms. The Balaban J connectivity index is 2.29. The first-order chi connectivity index (χ1) is 8.15. The number of carbonyl (C=O) groups is 1. The number of anilines is 1. The van der Waals surface area contributed by atoms with Gasteiger partial charge in [-0.05, 0) is 12.3 Å². The van der Waals surface area contributed by atoms with E-state index in [2.05, 4.69) is 10.4 Å². The van der Waals surface area contributed by atoms with Crippen molar-refractivity contribution in [2.45, 2.75) is 26.3 Å². The Hall–Kier alpha value is -1.56. The van der Waals surface area contributed by atoms with Gasteiger partial charge in [0.1, 0.15) is 6.54 Å². The number of carbonyl (C=O) groups excluding carboxylic acids is 1. The lowest BCUT2D eigenvalue weighted by Crippen LogP contribution is -2.32. The van der Waals surface area contributed by atoms with Gasteiger partial charge in [-0.15, -0.1) is 0 Å². The highest BCUT2D eigenvalue weighted by molar-refractivity contribution is 5.75. The van der Waals surface area contributed by atoms with Crippen LogP contribution in [0.2, 0.25) is 0 Å². The molecule has 1 rings (SSSR count). The average Bonchev–Trinajstić information content (AvgIpc) is 2.70. The molecule has 0 aliphatic rings. The first kappa shape index (κ1) is 13.5. The molecular formula is C11H20N4O2. The van der Waals surface area contributed by atoms with Crippen LogP contribution in [0.25, 0.3) is 0 Å². The molecule has 0 spiro atoms. The Morgan fingerprint density at radius 1 is 1.71 bits per heavy atom. The molecular weight excluding hydrogens is 220 g/mol. The molecule has 96 valence electrons. The monoisotopic (exact) mass is 240 g/mol. The summed E-state index contributed by atoms with van der Waals surface area (Å²) in [4.78, 5) is 11.6. The quantitative estimate of drug-likeness (QED) is 0.625. The maximum atomic E-state index is 11.6. The van der Waals surface area contributed by atoms with Gasteiger partial charge in [-0.25, -0.2) is 0 Å². The molecule has 1 amide bonds. The topological polar surface area (TPSA) is 93.2 Å². The van der Waals surface area contributed by atoms with Crippen LogP contribution >= 0.6 is 0 Å². The maximum absolute atomic E-state index is 11.6. The molecule has 1 aromatic rings. The molecule has 1 unspecified atom stereocenters. The first-order valence-electron chi connectivity index (χ1n) is 5.81. The van der Waals surface area contributed by atoms with Gasteiger partial charge < -0.3 is 16.2 Å². The normalized spacial score (nSPS) is 12.4. The summed E-state index contributed by atoms with van der Waals surface area (Å²) in [5, 5.41) is 15.6. The van der Waals surface area contributed by atoms with Gasteiger partial charge in [0.15, 0.2) is 0 Å². The van der Waals surface area contributed by atoms with E-state index >= 15 is 0 Å². The molecule has 0 aliphatic carbocycles. The van der Waals surface area contributed by atoms with Crippen LogP contribution in [-0.2, 0) is 11.3 Å². The number of hydrogen-bond acceptors (Lipinski definition) is 4. The van der Waals surface area contributed by atoms with Crippen molar-refractivity contribution < 1.29 is 9.90 Å². The van der Waals surface area contributed by atoms with E-state index in [0.29, 0.717) is 24.6 Å². The van der Waals surface area contributed by atoms with Crippen molar-refractivity contribution >= 4 is 11.6 Å². The van der Waals surface area contributed by atoms with Crippen molar-refractivity contribution in [3.8, 4) is 0 Å². The van der Waals surface area contributed by atoms with Gasteiger partial charge in [-0.3, -0.25) is 9.48 Å². The Kier molecular flexibility index (Phi) is 5.48. The molecule has 0 saturated carbocycles. The SMILES string of the molecule is CCC(CCO)CNC(=O)Cn1cc(N)cn1. The number of hydrogen-bond donors (Lipinski definition) is 3. The summed E-state index contributed by atoms with van der Waals surface area (Å²) in [5.41, 5.74) is 6.04. The lowest BCUT2D eigenvalue weighted by molar-refractivity contribution is -0.122. The first-order valence-corrected chi connectivity index (χ1v) is 5.81. The molecule has 1 aromatic heterocycles. The smallest absolute Gasteiger partial charge is 0.241 e. The number of nitrogen functional groups attached to an aromatic ring is 1. The molecule has 0 bridgehead atoms. The van der Waals surface area contributed by atoms with E-state index in [9.17, 15) is 4.79 Å². The van der Waals surface area contributed by atoms with E-state index in [0.717, 1.165) is 6.42 Å². The maximum Gasteiger partial charge on any atom is 0.241 e. The standard InChI is InChI=1S/C11H20N4O2/c1-2-9(3-4-16)5-13-11(17)8-15-7-10(12)6-14-15/h6-7,9,16H,2-5,8,12H2,1H3,(H,13,17). The van der Waals surface area contributed by atoms with Crippen LogP contribution in [0.15, 0.2) is 12.4 Å². The van der Waals surface area contributed by atoms with E-state index in [4.69, 9.17) is 10.8 Å². The fourth-order valence-electron chi connectivity index (χ4n) is 1.56. The highest BCUT2D eigenvalue weighted by atomic mass is 16.3. The molecule has 1 heterocycles. The molecule has 0 aromatic carbocycles. The number of aliphatic hydroxyl groups is 1. The zero-order chi connectivity index (χ0) is 12.7. The summed E-state index contributed by atoms with van der Waals surface area (Å²) in [6.07, 6.45) is 4.78. The van der Waals surface area contributed by atoms with Gasteiger partial charge in [0.2, 0.25) is 5.91 Å². The number of aliphatic hydroxyl groups excluding tert-OH is 1. The van der Waals surface area contributed by atoms with Crippen LogP contribution in [0.4, 0.5) is 5.69 Å². The van der Waals surface area contributed by atoms with Crippen molar-refractivity contribution in [1.29, 1.82) is 0 Å². The lowest BCUT2D eigenvalue weighted by Gasteiger charge is -2.14. The fraction of sp³-hybridized carbons (Fsp3) is 0.636. The summed E-state index contributed by atoms with van der Waals surface area (Å²) in [6, 6.07) is 0. The Labute approximate surface area is 101 Å². The van der Waals surface area contributed by atoms with Gasteiger partial charge in [0.25, 0.3) is 0 Å². The second kappa shape index (κ2) is 6.90. The summed E-state index contributed by atoms with van der Waals surface area (Å²) in [7, 11) is 0. The number of aromatic nitrogens is 2. The number of amides is 1. The van der Waals surface area contributed by atoms with E-state index in [1.807, 2.05) is 6.92 Å². The Bertz CT molecular complexity index is 351. The van der Waals surface area contributed by atoms with E-state index in [-0.39, 0.29) is 19.1 Å². The van der Waals surface area contributed by atoms with Gasteiger partial charge >= 0.3 is 0 Å². The summed E-state index contributed by atoms with van der Waals surface area (Å²) in [6.45, 7) is 2.96. The zero-order valence-electron chi connectivity index (χ0n) is 10.1. The summed E-state index contributed by atoms with van der Waals surface area (Å²) in [5.74, 6) is 0.233. The van der Waals surface area contributed by atoms with Crippen LogP contribution in [0.3, 0.4) is 0 Å². The van der Waals surface area contributed by atoms with E-state index in [1.54, 1.807) is 6.20 Å². The number of nitrogens with one attached hydrogen (secondary N) is 1. The predicted octanol–water partition coefficient (Wildman–Crippen LogP) is -0.00990. The van der Waals surface area contributed by atoms with Gasteiger partial charge in [0.05, 0.1) is 11.9 Å². The Morgan fingerprint density at radius 3 is 3.00 bits per heavy atom. The highest BCUT2D eigenvalue weighted by Gasteiger charge is 2.08. The molecule has 0 saturated heterocycles. The third-order valence-electron chi connectivity index (χ3n) is 2.66. The largest absolute Gasteiger partial charge is 0.396 e. The van der Waals surface area contributed by atoms with Crippen LogP contribution < -0.4 is 11.1 Å². The minimum Gasteiger partial charge on any atom is -0.396 e. The van der Waals surface area contributed by atoms with Crippen LogP contribution in [0, 0.1) is 5.92 Å². The number of nitrogens with zero attached hydrogens (tertiary/aromatic N) is 2. The summed E-state index contributed by atoms with van der Waals surface area (Å²) >= 11 is 0. The van der Waals surface area contributed by atoms with Gasteiger partial charge in [-0.2, -0.15) is 5.10 Å².